The van der Waals surface area contributed by atoms with Crippen LogP contribution in [0.1, 0.15) is 47.0 Å². The number of carbonyl (C=O) groups excluding carboxylic acids is 1. The summed E-state index contributed by atoms with van der Waals surface area (Å²) in [5.41, 5.74) is 0. The van der Waals surface area contributed by atoms with Crippen LogP contribution in [0.15, 0.2) is 0 Å². The van der Waals surface area contributed by atoms with Crippen molar-refractivity contribution in [1.29, 1.82) is 0 Å². The van der Waals surface area contributed by atoms with Crippen LogP contribution in [0.2, 0.25) is 0 Å². The van der Waals surface area contributed by atoms with E-state index in [0.717, 1.165) is 19.3 Å². The number of rotatable bonds is 5. The predicted molar refractivity (Wildman–Crippen MR) is 49.9 cm³/mol. The number of carbonyl (C=O) groups is 1. The van der Waals surface area contributed by atoms with Crippen molar-refractivity contribution in [2.45, 2.75) is 53.1 Å². The zero-order valence-electron chi connectivity index (χ0n) is 8.59. The van der Waals surface area contributed by atoms with E-state index in [4.69, 9.17) is 4.74 Å². The maximum atomic E-state index is 11.3. The van der Waals surface area contributed by atoms with Crippen LogP contribution in [0.25, 0.3) is 0 Å². The molecular weight excluding hydrogens is 152 g/mol. The summed E-state index contributed by atoms with van der Waals surface area (Å²) in [5.74, 6) is 0.00944. The molecule has 0 spiro atoms. The monoisotopic (exact) mass is 172 g/mol. The summed E-state index contributed by atoms with van der Waals surface area (Å²) in [6.45, 7) is 7.94. The summed E-state index contributed by atoms with van der Waals surface area (Å²) in [6.07, 6.45) is 2.92. The Balaban J connectivity index is 3.70. The molecule has 72 valence electrons. The van der Waals surface area contributed by atoms with E-state index in [1.807, 2.05) is 20.8 Å². The highest BCUT2D eigenvalue weighted by Gasteiger charge is 2.15. The highest BCUT2D eigenvalue weighted by molar-refractivity contribution is 5.72. The van der Waals surface area contributed by atoms with Crippen molar-refractivity contribution in [2.24, 2.45) is 5.92 Å². The quantitative estimate of drug-likeness (QED) is 0.596. The maximum Gasteiger partial charge on any atom is 0.308 e. The van der Waals surface area contributed by atoms with Crippen molar-refractivity contribution in [2.75, 3.05) is 0 Å². The lowest BCUT2D eigenvalue weighted by molar-refractivity contribution is -0.152. The van der Waals surface area contributed by atoms with Gasteiger partial charge in [0.2, 0.25) is 0 Å². The van der Waals surface area contributed by atoms with Crippen molar-refractivity contribution in [3.63, 3.8) is 0 Å². The van der Waals surface area contributed by atoms with Gasteiger partial charge in [0.25, 0.3) is 0 Å². The summed E-state index contributed by atoms with van der Waals surface area (Å²) < 4.78 is 5.17. The Morgan fingerprint density at radius 1 is 1.33 bits per heavy atom. The molecule has 0 aromatic rings. The first kappa shape index (κ1) is 11.5. The van der Waals surface area contributed by atoms with Crippen LogP contribution in [-0.4, -0.2) is 12.1 Å². The molecule has 0 aliphatic carbocycles. The number of esters is 1. The van der Waals surface area contributed by atoms with Gasteiger partial charge < -0.3 is 4.74 Å². The van der Waals surface area contributed by atoms with Crippen molar-refractivity contribution in [1.82, 2.24) is 0 Å². The minimum absolute atomic E-state index is 0.0498. The fraction of sp³-hybridized carbons (Fsp3) is 0.900. The van der Waals surface area contributed by atoms with Gasteiger partial charge in [-0.3, -0.25) is 4.79 Å². The molecule has 0 aromatic heterocycles. The molecule has 0 saturated carbocycles. The van der Waals surface area contributed by atoms with Crippen LogP contribution in [0.3, 0.4) is 0 Å². The van der Waals surface area contributed by atoms with Gasteiger partial charge in [-0.2, -0.15) is 0 Å². The minimum Gasteiger partial charge on any atom is -0.462 e. The summed E-state index contributed by atoms with van der Waals surface area (Å²) >= 11 is 0. The first-order chi connectivity index (χ1) is 5.61. The topological polar surface area (TPSA) is 26.3 Å². The van der Waals surface area contributed by atoms with Gasteiger partial charge >= 0.3 is 5.97 Å². The molecule has 0 N–H and O–H groups in total. The van der Waals surface area contributed by atoms with Crippen LogP contribution in [0.5, 0.6) is 0 Å². The van der Waals surface area contributed by atoms with Gasteiger partial charge in [0.15, 0.2) is 0 Å². The van der Waals surface area contributed by atoms with Crippen molar-refractivity contribution in [3.8, 4) is 0 Å². The lowest BCUT2D eigenvalue weighted by Crippen LogP contribution is -2.20. The fourth-order valence-corrected chi connectivity index (χ4v) is 0.949. The second kappa shape index (κ2) is 6.04. The average molecular weight is 172 g/mol. The summed E-state index contributed by atoms with van der Waals surface area (Å²) in [6, 6.07) is 0. The number of hydrogen-bond donors (Lipinski definition) is 0. The van der Waals surface area contributed by atoms with E-state index < -0.39 is 0 Å². The van der Waals surface area contributed by atoms with Gasteiger partial charge in [-0.05, 0) is 19.8 Å². The van der Waals surface area contributed by atoms with Crippen LogP contribution < -0.4 is 0 Å². The first-order valence-corrected chi connectivity index (χ1v) is 4.82. The van der Waals surface area contributed by atoms with E-state index in [9.17, 15) is 4.79 Å². The Kier molecular flexibility index (Phi) is 5.77. The van der Waals surface area contributed by atoms with E-state index in [1.54, 1.807) is 0 Å². The molecule has 12 heavy (non-hydrogen) atoms. The Hall–Kier alpha value is -0.530. The summed E-state index contributed by atoms with van der Waals surface area (Å²) in [4.78, 5) is 11.3. The van der Waals surface area contributed by atoms with E-state index >= 15 is 0 Å². The standard InChI is InChI=1S/C10H20O2/c1-5-7-8(3)10(11)12-9(4)6-2/h8-9H,5-7H2,1-4H3/t8?,9-/m0/s1. The molecule has 0 fully saturated rings. The molecule has 0 amide bonds. The first-order valence-electron chi connectivity index (χ1n) is 4.82. The zero-order valence-corrected chi connectivity index (χ0v) is 8.59. The Labute approximate surface area is 75.3 Å². The highest BCUT2D eigenvalue weighted by Crippen LogP contribution is 2.09. The molecule has 2 nitrogen and oxygen atoms in total. The van der Waals surface area contributed by atoms with Crippen molar-refractivity contribution >= 4 is 5.97 Å². The highest BCUT2D eigenvalue weighted by atomic mass is 16.5. The molecule has 0 heterocycles. The van der Waals surface area contributed by atoms with Crippen molar-refractivity contribution in [3.05, 3.63) is 0 Å². The third-order valence-corrected chi connectivity index (χ3v) is 2.02. The lowest BCUT2D eigenvalue weighted by Gasteiger charge is -2.14. The Bertz CT molecular complexity index is 132. The Morgan fingerprint density at radius 2 is 1.92 bits per heavy atom. The summed E-state index contributed by atoms with van der Waals surface area (Å²) in [5, 5.41) is 0. The molecular formula is C10H20O2. The SMILES string of the molecule is CCCC(C)C(=O)O[C@@H](C)CC. The smallest absolute Gasteiger partial charge is 0.308 e. The third-order valence-electron chi connectivity index (χ3n) is 2.02. The molecule has 0 saturated heterocycles. The number of ether oxygens (including phenoxy) is 1. The van der Waals surface area contributed by atoms with Crippen molar-refractivity contribution < 1.29 is 9.53 Å². The van der Waals surface area contributed by atoms with Gasteiger partial charge in [0, 0.05) is 0 Å². The second-order valence-corrected chi connectivity index (χ2v) is 3.35. The molecule has 0 aromatic carbocycles. The molecule has 2 atom stereocenters. The number of hydrogen-bond acceptors (Lipinski definition) is 2. The molecule has 0 aliphatic heterocycles. The van der Waals surface area contributed by atoms with E-state index in [1.165, 1.54) is 0 Å². The molecule has 0 rings (SSSR count). The normalized spacial score (nSPS) is 15.3. The summed E-state index contributed by atoms with van der Waals surface area (Å²) in [7, 11) is 0. The van der Waals surface area contributed by atoms with Gasteiger partial charge in [-0.15, -0.1) is 0 Å². The van der Waals surface area contributed by atoms with Gasteiger partial charge in [-0.25, -0.2) is 0 Å². The van der Waals surface area contributed by atoms with Crippen LogP contribution >= 0.6 is 0 Å². The zero-order chi connectivity index (χ0) is 9.56. The lowest BCUT2D eigenvalue weighted by atomic mass is 10.1. The molecule has 0 radical (unpaired) electrons. The van der Waals surface area contributed by atoms with Gasteiger partial charge in [0.1, 0.15) is 0 Å². The van der Waals surface area contributed by atoms with E-state index in [-0.39, 0.29) is 18.0 Å². The molecule has 0 aliphatic rings. The van der Waals surface area contributed by atoms with Gasteiger partial charge in [0.05, 0.1) is 12.0 Å². The third kappa shape index (κ3) is 4.37. The maximum absolute atomic E-state index is 11.3. The molecule has 1 unspecified atom stereocenters. The van der Waals surface area contributed by atoms with Crippen LogP contribution in [0.4, 0.5) is 0 Å². The van der Waals surface area contributed by atoms with Crippen LogP contribution in [-0.2, 0) is 9.53 Å². The predicted octanol–water partition coefficient (Wildman–Crippen LogP) is 2.76. The van der Waals surface area contributed by atoms with Gasteiger partial charge in [-0.1, -0.05) is 27.2 Å². The van der Waals surface area contributed by atoms with E-state index in [2.05, 4.69) is 6.92 Å². The minimum atomic E-state index is -0.0498. The average Bonchev–Trinajstić information content (AvgIpc) is 2.04. The van der Waals surface area contributed by atoms with E-state index in [0.29, 0.717) is 0 Å². The van der Waals surface area contributed by atoms with Crippen LogP contribution in [0, 0.1) is 5.92 Å². The Morgan fingerprint density at radius 3 is 2.33 bits per heavy atom. The molecule has 0 bridgehead atoms. The molecule has 2 heteroatoms. The largest absolute Gasteiger partial charge is 0.462 e. The fourth-order valence-electron chi connectivity index (χ4n) is 0.949. The second-order valence-electron chi connectivity index (χ2n) is 3.35.